The van der Waals surface area contributed by atoms with E-state index in [0.717, 1.165) is 10.0 Å². The summed E-state index contributed by atoms with van der Waals surface area (Å²) in [5.74, 6) is 0.381. The van der Waals surface area contributed by atoms with Crippen molar-refractivity contribution in [2.75, 3.05) is 12.4 Å². The number of benzene rings is 1. The van der Waals surface area contributed by atoms with Gasteiger partial charge in [-0.3, -0.25) is 4.79 Å². The monoisotopic (exact) mass is 301 g/mol. The van der Waals surface area contributed by atoms with Crippen LogP contribution < -0.4 is 5.32 Å². The molecular formula is C12H13BrClNO. The van der Waals surface area contributed by atoms with Crippen LogP contribution in [0.3, 0.4) is 0 Å². The Labute approximate surface area is 109 Å². The van der Waals surface area contributed by atoms with E-state index in [0.29, 0.717) is 18.0 Å². The maximum Gasteiger partial charge on any atom is 0.251 e. The number of allylic oxidation sites excluding steroid dienone is 1. The number of hydrogen-bond donors (Lipinski definition) is 1. The summed E-state index contributed by atoms with van der Waals surface area (Å²) in [5.41, 5.74) is 1.76. The zero-order valence-electron chi connectivity index (χ0n) is 8.97. The van der Waals surface area contributed by atoms with E-state index in [4.69, 9.17) is 11.6 Å². The van der Waals surface area contributed by atoms with E-state index < -0.39 is 0 Å². The predicted octanol–water partition coefficient (Wildman–Crippen LogP) is 3.28. The molecule has 0 saturated heterocycles. The molecule has 1 N–H and O–H groups in total. The van der Waals surface area contributed by atoms with E-state index in [9.17, 15) is 4.79 Å². The van der Waals surface area contributed by atoms with Gasteiger partial charge >= 0.3 is 0 Å². The normalized spacial score (nSPS) is 10.7. The van der Waals surface area contributed by atoms with Crippen LogP contribution in [0.1, 0.15) is 15.9 Å². The van der Waals surface area contributed by atoms with Crippen molar-refractivity contribution < 1.29 is 4.79 Å². The van der Waals surface area contributed by atoms with Crippen molar-refractivity contribution in [2.45, 2.75) is 6.92 Å². The molecule has 0 aliphatic rings. The van der Waals surface area contributed by atoms with Crippen LogP contribution in [0.2, 0.25) is 0 Å². The zero-order chi connectivity index (χ0) is 12.0. The Kier molecular flexibility index (Phi) is 5.56. The van der Waals surface area contributed by atoms with Gasteiger partial charge in [0.1, 0.15) is 0 Å². The van der Waals surface area contributed by atoms with E-state index in [1.165, 1.54) is 0 Å². The third-order valence-corrected chi connectivity index (χ3v) is 3.10. The average molecular weight is 303 g/mol. The summed E-state index contributed by atoms with van der Waals surface area (Å²) in [5, 5.41) is 2.78. The van der Waals surface area contributed by atoms with E-state index in [2.05, 4.69) is 21.2 Å². The molecule has 0 heterocycles. The summed E-state index contributed by atoms with van der Waals surface area (Å²) in [7, 11) is 0. The average Bonchev–Trinajstić information content (AvgIpc) is 2.28. The first-order valence-corrected chi connectivity index (χ1v) is 6.23. The lowest BCUT2D eigenvalue weighted by atomic mass is 10.1. The molecule has 0 saturated carbocycles. The van der Waals surface area contributed by atoms with Crippen LogP contribution in [0, 0.1) is 6.92 Å². The lowest BCUT2D eigenvalue weighted by Crippen LogP contribution is -2.23. The second-order valence-corrected chi connectivity index (χ2v) is 4.46. The highest BCUT2D eigenvalue weighted by Gasteiger charge is 2.05. The van der Waals surface area contributed by atoms with Gasteiger partial charge in [0.2, 0.25) is 0 Å². The number of hydrogen-bond acceptors (Lipinski definition) is 1. The molecular weight excluding hydrogens is 289 g/mol. The van der Waals surface area contributed by atoms with Gasteiger partial charge in [-0.1, -0.05) is 34.1 Å². The van der Waals surface area contributed by atoms with Gasteiger partial charge in [0.25, 0.3) is 5.91 Å². The van der Waals surface area contributed by atoms with Crippen molar-refractivity contribution in [3.05, 3.63) is 46.0 Å². The number of halogens is 2. The van der Waals surface area contributed by atoms with E-state index in [1.54, 1.807) is 12.1 Å². The first kappa shape index (κ1) is 13.3. The molecule has 1 amide bonds. The Bertz CT molecular complexity index is 404. The lowest BCUT2D eigenvalue weighted by molar-refractivity contribution is 0.0958. The quantitative estimate of drug-likeness (QED) is 0.671. The number of carbonyl (C=O) groups is 1. The maximum absolute atomic E-state index is 11.7. The molecule has 2 nitrogen and oxygen atoms in total. The van der Waals surface area contributed by atoms with Crippen LogP contribution in [-0.4, -0.2) is 18.3 Å². The summed E-state index contributed by atoms with van der Waals surface area (Å²) in [6.07, 6.45) is 3.63. The van der Waals surface area contributed by atoms with Gasteiger partial charge < -0.3 is 5.32 Å². The molecule has 86 valence electrons. The summed E-state index contributed by atoms with van der Waals surface area (Å²) in [6, 6.07) is 5.53. The highest BCUT2D eigenvalue weighted by molar-refractivity contribution is 9.10. The standard InChI is InChI=1S/C12H13BrClNO/c1-9-4-5-10(8-11(9)13)12(16)15-7-3-2-6-14/h2-5,8H,6-7H2,1H3,(H,15,16)/b3-2+. The SMILES string of the molecule is Cc1ccc(C(=O)NC/C=C/CCl)cc1Br. The van der Waals surface area contributed by atoms with Crippen LogP contribution in [0.25, 0.3) is 0 Å². The molecule has 0 aliphatic carbocycles. The number of aryl methyl sites for hydroxylation is 1. The predicted molar refractivity (Wildman–Crippen MR) is 71.1 cm³/mol. The van der Waals surface area contributed by atoms with Crippen molar-refractivity contribution in [3.8, 4) is 0 Å². The minimum Gasteiger partial charge on any atom is -0.349 e. The van der Waals surface area contributed by atoms with Crippen molar-refractivity contribution in [2.24, 2.45) is 0 Å². The number of rotatable bonds is 4. The van der Waals surface area contributed by atoms with Crippen molar-refractivity contribution in [1.29, 1.82) is 0 Å². The Morgan fingerprint density at radius 1 is 1.50 bits per heavy atom. The number of carbonyl (C=O) groups excluding carboxylic acids is 1. The van der Waals surface area contributed by atoms with Gasteiger partial charge in [0.15, 0.2) is 0 Å². The molecule has 0 radical (unpaired) electrons. The fourth-order valence-electron chi connectivity index (χ4n) is 1.13. The molecule has 0 fully saturated rings. The van der Waals surface area contributed by atoms with Gasteiger partial charge in [-0.15, -0.1) is 11.6 Å². The van der Waals surface area contributed by atoms with Gasteiger partial charge in [0.05, 0.1) is 0 Å². The van der Waals surface area contributed by atoms with E-state index >= 15 is 0 Å². The molecule has 0 aromatic heterocycles. The van der Waals surface area contributed by atoms with Crippen LogP contribution in [0.15, 0.2) is 34.8 Å². The Balaban J connectivity index is 2.59. The van der Waals surface area contributed by atoms with Crippen molar-refractivity contribution in [1.82, 2.24) is 5.32 Å². The highest BCUT2D eigenvalue weighted by Crippen LogP contribution is 2.17. The largest absolute Gasteiger partial charge is 0.349 e. The third-order valence-electron chi connectivity index (χ3n) is 2.07. The third kappa shape index (κ3) is 3.99. The Morgan fingerprint density at radius 3 is 2.88 bits per heavy atom. The number of nitrogens with one attached hydrogen (secondary N) is 1. The molecule has 0 atom stereocenters. The van der Waals surface area contributed by atoms with Gasteiger partial charge in [-0.2, -0.15) is 0 Å². The van der Waals surface area contributed by atoms with Gasteiger partial charge in [-0.05, 0) is 24.6 Å². The molecule has 0 spiro atoms. The summed E-state index contributed by atoms with van der Waals surface area (Å²) in [4.78, 5) is 11.7. The van der Waals surface area contributed by atoms with Crippen LogP contribution in [0.5, 0.6) is 0 Å². The van der Waals surface area contributed by atoms with Crippen LogP contribution >= 0.6 is 27.5 Å². The summed E-state index contributed by atoms with van der Waals surface area (Å²) < 4.78 is 0.941. The Morgan fingerprint density at radius 2 is 2.25 bits per heavy atom. The molecule has 1 rings (SSSR count). The summed E-state index contributed by atoms with van der Waals surface area (Å²) in [6.45, 7) is 2.48. The van der Waals surface area contributed by atoms with E-state index in [1.807, 2.05) is 25.1 Å². The van der Waals surface area contributed by atoms with Crippen molar-refractivity contribution in [3.63, 3.8) is 0 Å². The smallest absolute Gasteiger partial charge is 0.251 e. The fourth-order valence-corrected chi connectivity index (χ4v) is 1.64. The fraction of sp³-hybridized carbons (Fsp3) is 0.250. The second kappa shape index (κ2) is 6.71. The number of amides is 1. The molecule has 1 aromatic rings. The molecule has 0 bridgehead atoms. The topological polar surface area (TPSA) is 29.1 Å². The Hall–Kier alpha value is -0.800. The zero-order valence-corrected chi connectivity index (χ0v) is 11.3. The minimum atomic E-state index is -0.0834. The molecule has 1 aromatic carbocycles. The minimum absolute atomic E-state index is 0.0834. The maximum atomic E-state index is 11.7. The molecule has 0 unspecified atom stereocenters. The first-order valence-electron chi connectivity index (χ1n) is 4.90. The highest BCUT2D eigenvalue weighted by atomic mass is 79.9. The number of alkyl halides is 1. The van der Waals surface area contributed by atoms with Crippen LogP contribution in [0.4, 0.5) is 0 Å². The molecule has 4 heteroatoms. The van der Waals surface area contributed by atoms with Gasteiger partial charge in [0, 0.05) is 22.5 Å². The van der Waals surface area contributed by atoms with Crippen molar-refractivity contribution >= 4 is 33.4 Å². The van der Waals surface area contributed by atoms with E-state index in [-0.39, 0.29) is 5.91 Å². The second-order valence-electron chi connectivity index (χ2n) is 3.30. The first-order chi connectivity index (χ1) is 7.65. The molecule has 16 heavy (non-hydrogen) atoms. The molecule has 0 aliphatic heterocycles. The van der Waals surface area contributed by atoms with Crippen LogP contribution in [-0.2, 0) is 0 Å². The van der Waals surface area contributed by atoms with Gasteiger partial charge in [-0.25, -0.2) is 0 Å². The lowest BCUT2D eigenvalue weighted by Gasteiger charge is -2.04. The summed E-state index contributed by atoms with van der Waals surface area (Å²) >= 11 is 8.86.